The number of aryl methyl sites for hydroxylation is 1. The summed E-state index contributed by atoms with van der Waals surface area (Å²) in [5.41, 5.74) is 2.90. The maximum atomic E-state index is 12.3. The van der Waals surface area contributed by atoms with Crippen LogP contribution in [0.2, 0.25) is 0 Å². The van der Waals surface area contributed by atoms with Crippen LogP contribution in [0, 0.1) is 0 Å². The summed E-state index contributed by atoms with van der Waals surface area (Å²) in [5.74, 6) is 0.857. The molecule has 1 atom stereocenters. The number of benzene rings is 1. The fourth-order valence-corrected chi connectivity index (χ4v) is 3.51. The van der Waals surface area contributed by atoms with E-state index in [9.17, 15) is 4.79 Å². The lowest BCUT2D eigenvalue weighted by atomic mass is 9.87. The third-order valence-electron chi connectivity index (χ3n) is 4.73. The molecule has 0 saturated carbocycles. The van der Waals surface area contributed by atoms with E-state index >= 15 is 0 Å². The number of fused-ring (bicyclic) bond motifs is 1. The lowest BCUT2D eigenvalue weighted by Crippen LogP contribution is -2.45. The van der Waals surface area contributed by atoms with Crippen LogP contribution in [-0.2, 0) is 24.2 Å². The van der Waals surface area contributed by atoms with Gasteiger partial charge in [0.2, 0.25) is 5.91 Å². The summed E-state index contributed by atoms with van der Waals surface area (Å²) < 4.78 is 5.26. The van der Waals surface area contributed by atoms with Gasteiger partial charge in [0.25, 0.3) is 0 Å². The second-order valence-corrected chi connectivity index (χ2v) is 6.49. The molecule has 0 spiro atoms. The zero-order chi connectivity index (χ0) is 16.8. The van der Waals surface area contributed by atoms with Crippen LogP contribution in [0.15, 0.2) is 47.1 Å². The maximum Gasteiger partial charge on any atom is 0.234 e. The first-order valence-corrected chi connectivity index (χ1v) is 8.86. The highest BCUT2D eigenvalue weighted by Gasteiger charge is 2.25. The van der Waals surface area contributed by atoms with Crippen molar-refractivity contribution in [1.82, 2.24) is 10.2 Å². The zero-order valence-corrected chi connectivity index (χ0v) is 14.3. The molecule has 0 aliphatic heterocycles. The number of hydrogen-bond donors (Lipinski definition) is 1. The summed E-state index contributed by atoms with van der Waals surface area (Å²) in [4.78, 5) is 14.7. The monoisotopic (exact) mass is 326 g/mol. The van der Waals surface area contributed by atoms with Gasteiger partial charge >= 0.3 is 0 Å². The van der Waals surface area contributed by atoms with Gasteiger partial charge in [-0.1, -0.05) is 31.2 Å². The van der Waals surface area contributed by atoms with E-state index in [0.717, 1.165) is 38.0 Å². The number of carbonyl (C=O) groups excluding carboxylic acids is 1. The smallest absolute Gasteiger partial charge is 0.234 e. The quantitative estimate of drug-likeness (QED) is 0.850. The fourth-order valence-electron chi connectivity index (χ4n) is 3.51. The van der Waals surface area contributed by atoms with Gasteiger partial charge in [-0.2, -0.15) is 0 Å². The molecular formula is C20H26N2O2. The summed E-state index contributed by atoms with van der Waals surface area (Å²) in [6, 6.07) is 12.8. The molecule has 4 heteroatoms. The minimum atomic E-state index is 0.0682. The Kier molecular flexibility index (Phi) is 5.70. The third kappa shape index (κ3) is 4.26. The molecule has 1 amide bonds. The molecule has 1 aliphatic rings. The Hall–Kier alpha value is -2.07. The Morgan fingerprint density at radius 3 is 2.83 bits per heavy atom. The van der Waals surface area contributed by atoms with Crippen LogP contribution in [0.3, 0.4) is 0 Å². The van der Waals surface area contributed by atoms with Gasteiger partial charge in [0.05, 0.1) is 19.4 Å². The highest BCUT2D eigenvalue weighted by molar-refractivity contribution is 5.78. The average Bonchev–Trinajstić information content (AvgIpc) is 3.13. The van der Waals surface area contributed by atoms with Crippen LogP contribution in [0.5, 0.6) is 0 Å². The number of nitrogens with one attached hydrogen (secondary N) is 1. The van der Waals surface area contributed by atoms with Crippen LogP contribution in [-0.4, -0.2) is 29.9 Å². The van der Waals surface area contributed by atoms with Crippen molar-refractivity contribution >= 4 is 5.91 Å². The van der Waals surface area contributed by atoms with Crippen LogP contribution in [0.4, 0.5) is 0 Å². The van der Waals surface area contributed by atoms with Gasteiger partial charge in [0, 0.05) is 6.04 Å². The van der Waals surface area contributed by atoms with E-state index in [4.69, 9.17) is 4.42 Å². The maximum absolute atomic E-state index is 12.3. The SMILES string of the molecule is CCCN(CC(=O)NCc1ccco1)C1CCc2ccccc2C1. The molecule has 1 N–H and O–H groups in total. The number of rotatable bonds is 7. The van der Waals surface area contributed by atoms with Crippen molar-refractivity contribution in [3.63, 3.8) is 0 Å². The van der Waals surface area contributed by atoms with E-state index in [0.29, 0.717) is 19.1 Å². The van der Waals surface area contributed by atoms with E-state index in [1.165, 1.54) is 11.1 Å². The standard InChI is InChI=1S/C20H26N2O2/c1-2-11-22(15-20(23)21-14-19-8-5-12-24-19)18-10-9-16-6-3-4-7-17(16)13-18/h3-8,12,18H,2,9-11,13-15H2,1H3,(H,21,23). The lowest BCUT2D eigenvalue weighted by molar-refractivity contribution is -0.123. The highest BCUT2D eigenvalue weighted by atomic mass is 16.3. The summed E-state index contributed by atoms with van der Waals surface area (Å²) in [6.45, 7) is 4.05. The predicted octanol–water partition coefficient (Wildman–Crippen LogP) is 3.17. The van der Waals surface area contributed by atoms with Crippen molar-refractivity contribution in [2.24, 2.45) is 0 Å². The molecule has 128 valence electrons. The summed E-state index contributed by atoms with van der Waals surface area (Å²) >= 11 is 0. The van der Waals surface area contributed by atoms with Gasteiger partial charge in [-0.25, -0.2) is 0 Å². The van der Waals surface area contributed by atoms with E-state index < -0.39 is 0 Å². The van der Waals surface area contributed by atoms with Gasteiger partial charge < -0.3 is 9.73 Å². The van der Waals surface area contributed by atoms with Crippen molar-refractivity contribution in [3.8, 4) is 0 Å². The number of furan rings is 1. The number of nitrogens with zero attached hydrogens (tertiary/aromatic N) is 1. The van der Waals surface area contributed by atoms with E-state index in [1.807, 2.05) is 12.1 Å². The number of amides is 1. The Morgan fingerprint density at radius 2 is 2.08 bits per heavy atom. The minimum Gasteiger partial charge on any atom is -0.467 e. The molecule has 1 unspecified atom stereocenters. The van der Waals surface area contributed by atoms with E-state index in [2.05, 4.69) is 41.4 Å². The summed E-state index contributed by atoms with van der Waals surface area (Å²) in [5, 5.41) is 2.96. The van der Waals surface area contributed by atoms with E-state index in [1.54, 1.807) is 6.26 Å². The van der Waals surface area contributed by atoms with Crippen LogP contribution in [0.25, 0.3) is 0 Å². The van der Waals surface area contributed by atoms with Crippen molar-refractivity contribution in [3.05, 3.63) is 59.5 Å². The number of carbonyl (C=O) groups is 1. The third-order valence-corrected chi connectivity index (χ3v) is 4.73. The molecule has 1 aliphatic carbocycles. The van der Waals surface area contributed by atoms with Crippen LogP contribution in [0.1, 0.15) is 36.7 Å². The molecule has 2 aromatic rings. The molecule has 3 rings (SSSR count). The average molecular weight is 326 g/mol. The first-order chi connectivity index (χ1) is 11.8. The molecule has 0 fully saturated rings. The van der Waals surface area contributed by atoms with Gasteiger partial charge in [0.15, 0.2) is 0 Å². The Balaban J connectivity index is 1.57. The largest absolute Gasteiger partial charge is 0.467 e. The predicted molar refractivity (Wildman–Crippen MR) is 94.7 cm³/mol. The van der Waals surface area contributed by atoms with Crippen molar-refractivity contribution in [2.45, 2.75) is 45.2 Å². The highest BCUT2D eigenvalue weighted by Crippen LogP contribution is 2.24. The molecular weight excluding hydrogens is 300 g/mol. The van der Waals surface area contributed by atoms with Gasteiger partial charge in [0.1, 0.15) is 5.76 Å². The van der Waals surface area contributed by atoms with Crippen molar-refractivity contribution in [1.29, 1.82) is 0 Å². The lowest BCUT2D eigenvalue weighted by Gasteiger charge is -2.34. The summed E-state index contributed by atoms with van der Waals surface area (Å²) in [7, 11) is 0. The second kappa shape index (κ2) is 8.15. The van der Waals surface area contributed by atoms with E-state index in [-0.39, 0.29) is 5.91 Å². The van der Waals surface area contributed by atoms with Crippen LogP contribution < -0.4 is 5.32 Å². The van der Waals surface area contributed by atoms with Crippen LogP contribution >= 0.6 is 0 Å². The first kappa shape index (κ1) is 16.8. The topological polar surface area (TPSA) is 45.5 Å². The zero-order valence-electron chi connectivity index (χ0n) is 14.3. The molecule has 4 nitrogen and oxygen atoms in total. The normalized spacial score (nSPS) is 16.8. The summed E-state index contributed by atoms with van der Waals surface area (Å²) in [6.07, 6.45) is 5.97. The minimum absolute atomic E-state index is 0.0682. The second-order valence-electron chi connectivity index (χ2n) is 6.49. The van der Waals surface area contributed by atoms with Gasteiger partial charge in [-0.3, -0.25) is 9.69 Å². The molecule has 0 bridgehead atoms. The first-order valence-electron chi connectivity index (χ1n) is 8.86. The van der Waals surface area contributed by atoms with Gasteiger partial charge in [-0.05, 0) is 55.5 Å². The molecule has 1 heterocycles. The molecule has 1 aromatic carbocycles. The Bertz CT molecular complexity index is 651. The Labute approximate surface area is 143 Å². The molecule has 24 heavy (non-hydrogen) atoms. The van der Waals surface area contributed by atoms with Crippen molar-refractivity contribution < 1.29 is 9.21 Å². The van der Waals surface area contributed by atoms with Gasteiger partial charge in [-0.15, -0.1) is 0 Å². The molecule has 0 saturated heterocycles. The van der Waals surface area contributed by atoms with Crippen molar-refractivity contribution in [2.75, 3.05) is 13.1 Å². The number of hydrogen-bond acceptors (Lipinski definition) is 3. The fraction of sp³-hybridized carbons (Fsp3) is 0.450. The molecule has 0 radical (unpaired) electrons. The Morgan fingerprint density at radius 1 is 1.25 bits per heavy atom. The molecule has 1 aromatic heterocycles.